The molecule has 2 heterocycles. The number of nitrogens with zero attached hydrogens (tertiary/aromatic N) is 1. The van der Waals surface area contributed by atoms with E-state index in [0.717, 1.165) is 0 Å². The van der Waals surface area contributed by atoms with Crippen molar-refractivity contribution in [3.05, 3.63) is 11.8 Å². The third-order valence-corrected chi connectivity index (χ3v) is 3.32. The number of β-lactam (4-membered cyclic amide) rings is 1. The Hall–Kier alpha value is -1.36. The average Bonchev–Trinajstić information content (AvgIpc) is 2.50. The van der Waals surface area contributed by atoms with Gasteiger partial charge in [0.25, 0.3) is 0 Å². The highest BCUT2D eigenvalue weighted by atomic mass is 16.5. The minimum Gasteiger partial charge on any atom is -0.464 e. The number of fused-ring (bicyclic) bond motifs is 1. The van der Waals surface area contributed by atoms with E-state index in [1.54, 1.807) is 13.0 Å². The van der Waals surface area contributed by atoms with Crippen LogP contribution in [0.25, 0.3) is 0 Å². The average molecular weight is 225 g/mol. The molecule has 0 bridgehead atoms. The largest absolute Gasteiger partial charge is 0.464 e. The molecule has 88 valence electrons. The van der Waals surface area contributed by atoms with Gasteiger partial charge in [-0.15, -0.1) is 0 Å². The maximum absolute atomic E-state index is 11.8. The predicted molar refractivity (Wildman–Crippen MR) is 55.1 cm³/mol. The third kappa shape index (κ3) is 1.28. The zero-order valence-corrected chi connectivity index (χ0v) is 9.51. The Morgan fingerprint density at radius 2 is 2.25 bits per heavy atom. The summed E-state index contributed by atoms with van der Waals surface area (Å²) in [6, 6.07) is -0.0957. The zero-order chi connectivity index (χ0) is 12.0. The second-order valence-electron chi connectivity index (χ2n) is 4.37. The summed E-state index contributed by atoms with van der Waals surface area (Å²) in [7, 11) is 1.29. The third-order valence-electron chi connectivity index (χ3n) is 3.32. The molecule has 2 aliphatic rings. The second kappa shape index (κ2) is 3.59. The highest BCUT2D eigenvalue weighted by molar-refractivity contribution is 5.99. The van der Waals surface area contributed by atoms with Gasteiger partial charge in [0, 0.05) is 0 Å². The van der Waals surface area contributed by atoms with E-state index in [1.165, 1.54) is 12.0 Å². The van der Waals surface area contributed by atoms with Gasteiger partial charge in [-0.05, 0) is 18.9 Å². The lowest BCUT2D eigenvalue weighted by atomic mass is 9.79. The summed E-state index contributed by atoms with van der Waals surface area (Å²) in [6.07, 6.45) is 1.05. The summed E-state index contributed by atoms with van der Waals surface area (Å²) in [4.78, 5) is 24.6. The van der Waals surface area contributed by atoms with Crippen LogP contribution in [0, 0.1) is 11.8 Å². The first-order chi connectivity index (χ1) is 7.49. The van der Waals surface area contributed by atoms with Crippen LogP contribution in [0.2, 0.25) is 0 Å². The van der Waals surface area contributed by atoms with Crippen molar-refractivity contribution in [2.75, 3.05) is 7.11 Å². The molecule has 0 aromatic carbocycles. The fourth-order valence-electron chi connectivity index (χ4n) is 2.56. The molecule has 16 heavy (non-hydrogen) atoms. The van der Waals surface area contributed by atoms with Crippen LogP contribution >= 0.6 is 0 Å². The Kier molecular flexibility index (Phi) is 2.50. The summed E-state index contributed by atoms with van der Waals surface area (Å²) in [5, 5.41) is 9.50. The van der Waals surface area contributed by atoms with Gasteiger partial charge in [-0.3, -0.25) is 4.79 Å². The molecule has 5 nitrogen and oxygen atoms in total. The number of esters is 1. The maximum Gasteiger partial charge on any atom is 0.354 e. The van der Waals surface area contributed by atoms with Crippen molar-refractivity contribution < 1.29 is 19.4 Å². The molecule has 1 saturated heterocycles. The van der Waals surface area contributed by atoms with Crippen molar-refractivity contribution >= 4 is 11.9 Å². The molecule has 5 heteroatoms. The number of aliphatic hydroxyl groups excluding tert-OH is 1. The quantitative estimate of drug-likeness (QED) is 0.526. The molecule has 2 rings (SSSR count). The molecule has 1 N–H and O–H groups in total. The normalized spacial score (nSPS) is 34.0. The van der Waals surface area contributed by atoms with Gasteiger partial charge >= 0.3 is 5.97 Å². The Morgan fingerprint density at radius 3 is 2.75 bits per heavy atom. The van der Waals surface area contributed by atoms with Gasteiger partial charge in [-0.25, -0.2) is 4.79 Å². The van der Waals surface area contributed by atoms with Gasteiger partial charge in [0.15, 0.2) is 0 Å². The molecule has 0 radical (unpaired) electrons. The van der Waals surface area contributed by atoms with E-state index >= 15 is 0 Å². The minimum absolute atomic E-state index is 0.0754. The molecule has 0 spiro atoms. The topological polar surface area (TPSA) is 66.8 Å². The van der Waals surface area contributed by atoms with Crippen LogP contribution in [0.5, 0.6) is 0 Å². The molecule has 1 amide bonds. The van der Waals surface area contributed by atoms with Crippen molar-refractivity contribution in [2.24, 2.45) is 11.8 Å². The lowest BCUT2D eigenvalue weighted by Crippen LogP contribution is -2.63. The van der Waals surface area contributed by atoms with Crippen LogP contribution in [0.3, 0.4) is 0 Å². The van der Waals surface area contributed by atoms with Crippen LogP contribution in [-0.2, 0) is 14.3 Å². The first-order valence-electron chi connectivity index (χ1n) is 5.30. The molecule has 1 fully saturated rings. The lowest BCUT2D eigenvalue weighted by molar-refractivity contribution is -0.163. The van der Waals surface area contributed by atoms with Crippen molar-refractivity contribution in [3.8, 4) is 0 Å². The van der Waals surface area contributed by atoms with Crippen molar-refractivity contribution in [2.45, 2.75) is 26.0 Å². The molecular formula is C11H15NO4. The lowest BCUT2D eigenvalue weighted by Gasteiger charge is -2.46. The molecule has 4 atom stereocenters. The maximum atomic E-state index is 11.8. The van der Waals surface area contributed by atoms with Crippen LogP contribution < -0.4 is 0 Å². The SMILES string of the molecule is COC(=O)C1=CC(C)[C@@H]2C(C(C)O)C(=O)N12. The first-order valence-corrected chi connectivity index (χ1v) is 5.30. The standard InChI is InChI=1S/C11H15NO4/c1-5-4-7(11(15)16-3)12-9(5)8(6(2)13)10(12)14/h4-6,8-9,13H,1-3H3/t5?,6?,8?,9-/m1/s1. The number of aliphatic hydroxyl groups is 1. The van der Waals surface area contributed by atoms with Gasteiger partial charge in [-0.1, -0.05) is 6.92 Å². The Labute approximate surface area is 93.7 Å². The molecule has 0 aromatic rings. The Bertz CT molecular complexity index is 374. The van der Waals surface area contributed by atoms with Crippen molar-refractivity contribution in [1.82, 2.24) is 4.90 Å². The fraction of sp³-hybridized carbons (Fsp3) is 0.636. The highest BCUT2D eigenvalue weighted by Gasteiger charge is 2.57. The van der Waals surface area contributed by atoms with E-state index in [0.29, 0.717) is 5.70 Å². The number of carbonyl (C=O) groups is 2. The van der Waals surface area contributed by atoms with E-state index in [-0.39, 0.29) is 17.9 Å². The Balaban J connectivity index is 2.23. The number of ether oxygens (including phenoxy) is 1. The van der Waals surface area contributed by atoms with E-state index in [4.69, 9.17) is 0 Å². The van der Waals surface area contributed by atoms with Crippen molar-refractivity contribution in [3.63, 3.8) is 0 Å². The summed E-state index contributed by atoms with van der Waals surface area (Å²) < 4.78 is 4.62. The highest BCUT2D eigenvalue weighted by Crippen LogP contribution is 2.43. The van der Waals surface area contributed by atoms with E-state index in [9.17, 15) is 14.7 Å². The van der Waals surface area contributed by atoms with Crippen LogP contribution in [0.4, 0.5) is 0 Å². The number of carbonyl (C=O) groups excluding carboxylic acids is 2. The summed E-state index contributed by atoms with van der Waals surface area (Å²) in [5.41, 5.74) is 0.307. The number of rotatable bonds is 2. The van der Waals surface area contributed by atoms with Gasteiger partial charge < -0.3 is 14.7 Å². The van der Waals surface area contributed by atoms with Crippen molar-refractivity contribution in [1.29, 1.82) is 0 Å². The summed E-state index contributed by atoms with van der Waals surface area (Å²) in [5.74, 6) is -1.01. The van der Waals surface area contributed by atoms with Crippen LogP contribution in [-0.4, -0.2) is 41.1 Å². The number of hydrogen-bond acceptors (Lipinski definition) is 4. The smallest absolute Gasteiger partial charge is 0.354 e. The summed E-state index contributed by atoms with van der Waals surface area (Å²) >= 11 is 0. The van der Waals surface area contributed by atoms with E-state index in [1.807, 2.05) is 6.92 Å². The summed E-state index contributed by atoms with van der Waals surface area (Å²) in [6.45, 7) is 3.53. The van der Waals surface area contributed by atoms with Gasteiger partial charge in [-0.2, -0.15) is 0 Å². The molecule has 0 aromatic heterocycles. The number of amides is 1. The number of hydrogen-bond donors (Lipinski definition) is 1. The second-order valence-corrected chi connectivity index (χ2v) is 4.37. The zero-order valence-electron chi connectivity index (χ0n) is 9.51. The fourth-order valence-corrected chi connectivity index (χ4v) is 2.56. The number of methoxy groups -OCH3 is 1. The Morgan fingerprint density at radius 1 is 1.62 bits per heavy atom. The van der Waals surface area contributed by atoms with Crippen LogP contribution in [0.15, 0.2) is 11.8 Å². The van der Waals surface area contributed by atoms with Crippen LogP contribution in [0.1, 0.15) is 13.8 Å². The molecule has 0 aliphatic carbocycles. The van der Waals surface area contributed by atoms with Gasteiger partial charge in [0.2, 0.25) is 5.91 Å². The first kappa shape index (κ1) is 11.1. The predicted octanol–water partition coefficient (Wildman–Crippen LogP) is -0.0992. The van der Waals surface area contributed by atoms with Gasteiger partial charge in [0.05, 0.1) is 25.2 Å². The van der Waals surface area contributed by atoms with Gasteiger partial charge in [0.1, 0.15) is 5.70 Å². The minimum atomic E-state index is -0.679. The monoisotopic (exact) mass is 225 g/mol. The molecule has 3 unspecified atom stereocenters. The molecule has 0 saturated carbocycles. The van der Waals surface area contributed by atoms with E-state index < -0.39 is 18.0 Å². The molecule has 2 aliphatic heterocycles. The van der Waals surface area contributed by atoms with E-state index in [2.05, 4.69) is 4.74 Å². The molecular weight excluding hydrogens is 210 g/mol.